The van der Waals surface area contributed by atoms with Crippen LogP contribution in [0.1, 0.15) is 40.8 Å². The van der Waals surface area contributed by atoms with Gasteiger partial charge in [0, 0.05) is 34.9 Å². The van der Waals surface area contributed by atoms with E-state index in [1.54, 1.807) is 17.8 Å². The van der Waals surface area contributed by atoms with Crippen molar-refractivity contribution in [3.05, 3.63) is 69.4 Å². The van der Waals surface area contributed by atoms with Gasteiger partial charge in [0.2, 0.25) is 0 Å². The number of aryl methyl sites for hydroxylation is 1. The summed E-state index contributed by atoms with van der Waals surface area (Å²) in [5, 5.41) is 15.8. The molecule has 10 heteroatoms. The summed E-state index contributed by atoms with van der Waals surface area (Å²) in [6.45, 7) is 4.78. The molecule has 170 valence electrons. The summed E-state index contributed by atoms with van der Waals surface area (Å²) < 4.78 is 1.99. The summed E-state index contributed by atoms with van der Waals surface area (Å²) in [5.74, 6) is 1.12. The van der Waals surface area contributed by atoms with E-state index in [0.29, 0.717) is 34.0 Å². The predicted molar refractivity (Wildman–Crippen MR) is 133 cm³/mol. The van der Waals surface area contributed by atoms with Gasteiger partial charge in [-0.25, -0.2) is 4.98 Å². The molecular weight excluding hydrogens is 476 g/mol. The van der Waals surface area contributed by atoms with Gasteiger partial charge in [-0.2, -0.15) is 0 Å². The van der Waals surface area contributed by atoms with Gasteiger partial charge < -0.3 is 5.32 Å². The molecule has 4 aromatic rings. The second-order valence-electron chi connectivity index (χ2n) is 7.34. The van der Waals surface area contributed by atoms with Gasteiger partial charge in [-0.3, -0.25) is 14.3 Å². The highest BCUT2D eigenvalue weighted by molar-refractivity contribution is 7.98. The van der Waals surface area contributed by atoms with Crippen LogP contribution in [0, 0.1) is 6.92 Å². The van der Waals surface area contributed by atoms with Crippen molar-refractivity contribution in [2.24, 2.45) is 0 Å². The van der Waals surface area contributed by atoms with Gasteiger partial charge in [0.1, 0.15) is 10.7 Å². The molecule has 7 nitrogen and oxygen atoms in total. The Morgan fingerprint density at radius 3 is 2.94 bits per heavy atom. The Hall–Kier alpha value is -2.75. The lowest BCUT2D eigenvalue weighted by molar-refractivity contribution is 0.0948. The molecule has 0 aliphatic rings. The Labute approximate surface area is 205 Å². The van der Waals surface area contributed by atoms with Crippen LogP contribution in [-0.4, -0.2) is 37.2 Å². The molecule has 3 aromatic heterocycles. The van der Waals surface area contributed by atoms with Crippen LogP contribution in [0.25, 0.3) is 17.1 Å². The molecule has 3 heterocycles. The second kappa shape index (κ2) is 10.9. The minimum absolute atomic E-state index is 0.132. The number of carbonyl (C=O) groups is 1. The summed E-state index contributed by atoms with van der Waals surface area (Å²) in [4.78, 5) is 21.0. The average molecular weight is 499 g/mol. The van der Waals surface area contributed by atoms with Crippen LogP contribution >= 0.6 is 34.7 Å². The Morgan fingerprint density at radius 1 is 1.27 bits per heavy atom. The highest BCUT2D eigenvalue weighted by Gasteiger charge is 2.19. The fraction of sp³-hybridized carbons (Fsp3) is 0.261. The van der Waals surface area contributed by atoms with Crippen molar-refractivity contribution < 1.29 is 4.79 Å². The Kier molecular flexibility index (Phi) is 7.74. The van der Waals surface area contributed by atoms with E-state index in [1.807, 2.05) is 41.8 Å². The van der Waals surface area contributed by atoms with Crippen LogP contribution in [0.2, 0.25) is 5.02 Å². The van der Waals surface area contributed by atoms with Gasteiger partial charge in [0.25, 0.3) is 5.91 Å². The first-order chi connectivity index (χ1) is 16.1. The maximum Gasteiger partial charge on any atom is 0.270 e. The molecular formula is C23H23ClN6OS2. The van der Waals surface area contributed by atoms with E-state index in [2.05, 4.69) is 32.4 Å². The maximum absolute atomic E-state index is 12.3. The average Bonchev–Trinajstić information content (AvgIpc) is 3.47. The van der Waals surface area contributed by atoms with Gasteiger partial charge in [0.05, 0.1) is 11.4 Å². The van der Waals surface area contributed by atoms with Gasteiger partial charge in [-0.1, -0.05) is 42.8 Å². The molecule has 0 aliphatic heterocycles. The molecule has 0 saturated carbocycles. The molecule has 1 N–H and O–H groups in total. The van der Waals surface area contributed by atoms with E-state index in [1.165, 1.54) is 23.1 Å². The molecule has 1 amide bonds. The van der Waals surface area contributed by atoms with E-state index >= 15 is 0 Å². The number of hydrogen-bond donors (Lipinski definition) is 1. The molecule has 0 radical (unpaired) electrons. The number of nitrogens with one attached hydrogen (secondary N) is 1. The highest BCUT2D eigenvalue weighted by atomic mass is 35.5. The lowest BCUT2D eigenvalue weighted by atomic mass is 10.2. The minimum atomic E-state index is -0.132. The number of nitrogens with zero attached hydrogens (tertiary/aromatic N) is 5. The number of thiazole rings is 1. The van der Waals surface area contributed by atoms with E-state index in [4.69, 9.17) is 11.6 Å². The number of amides is 1. The number of carbonyl (C=O) groups excluding carboxylic acids is 1. The zero-order valence-electron chi connectivity index (χ0n) is 18.3. The Bertz CT molecular complexity index is 1240. The fourth-order valence-electron chi connectivity index (χ4n) is 3.16. The van der Waals surface area contributed by atoms with Gasteiger partial charge in [-0.15, -0.1) is 21.5 Å². The van der Waals surface area contributed by atoms with Crippen molar-refractivity contribution >= 4 is 40.6 Å². The summed E-state index contributed by atoms with van der Waals surface area (Å²) in [5.41, 5.74) is 3.27. The van der Waals surface area contributed by atoms with Crippen molar-refractivity contribution in [1.82, 2.24) is 30.0 Å². The minimum Gasteiger partial charge on any atom is -0.351 e. The normalized spacial score (nSPS) is 11.0. The van der Waals surface area contributed by atoms with Crippen molar-refractivity contribution in [3.63, 3.8) is 0 Å². The maximum atomic E-state index is 12.3. The number of rotatable bonds is 9. The zero-order valence-corrected chi connectivity index (χ0v) is 20.7. The van der Waals surface area contributed by atoms with E-state index < -0.39 is 0 Å². The molecule has 0 saturated heterocycles. The third-order valence-electron chi connectivity index (χ3n) is 4.89. The third kappa shape index (κ3) is 5.61. The van der Waals surface area contributed by atoms with Crippen LogP contribution in [-0.2, 0) is 5.75 Å². The van der Waals surface area contributed by atoms with E-state index in [9.17, 15) is 4.79 Å². The Balaban J connectivity index is 1.59. The number of benzene rings is 1. The van der Waals surface area contributed by atoms with Crippen LogP contribution in [0.4, 0.5) is 0 Å². The first-order valence-corrected chi connectivity index (χ1v) is 12.8. The molecule has 0 aliphatic carbocycles. The number of hydrogen-bond acceptors (Lipinski definition) is 7. The topological polar surface area (TPSA) is 85.6 Å². The SMILES string of the molecule is CCCCNC(=O)c1csc(CSc2nnc(-c3cccnc3)n2-c2cc(Cl)ccc2C)n1. The quantitative estimate of drug-likeness (QED) is 0.240. The molecule has 33 heavy (non-hydrogen) atoms. The fourth-order valence-corrected chi connectivity index (χ4v) is 5.07. The summed E-state index contributed by atoms with van der Waals surface area (Å²) in [7, 11) is 0. The molecule has 0 atom stereocenters. The lowest BCUT2D eigenvalue weighted by Gasteiger charge is -2.13. The summed E-state index contributed by atoms with van der Waals surface area (Å²) >= 11 is 9.29. The van der Waals surface area contributed by atoms with Gasteiger partial charge in [-0.05, 0) is 43.2 Å². The van der Waals surface area contributed by atoms with Crippen LogP contribution in [0.5, 0.6) is 0 Å². The van der Waals surface area contributed by atoms with Crippen LogP contribution in [0.15, 0.2) is 53.3 Å². The van der Waals surface area contributed by atoms with E-state index in [0.717, 1.165) is 34.7 Å². The predicted octanol–water partition coefficient (Wildman–Crippen LogP) is 5.57. The molecule has 1 aromatic carbocycles. The molecule has 0 fully saturated rings. The molecule has 4 rings (SSSR count). The first kappa shape index (κ1) is 23.4. The largest absolute Gasteiger partial charge is 0.351 e. The summed E-state index contributed by atoms with van der Waals surface area (Å²) in [6.07, 6.45) is 5.48. The number of thioether (sulfide) groups is 1. The molecule has 0 spiro atoms. The van der Waals surface area contributed by atoms with Crippen LogP contribution in [0.3, 0.4) is 0 Å². The highest BCUT2D eigenvalue weighted by Crippen LogP contribution is 2.32. The summed E-state index contributed by atoms with van der Waals surface area (Å²) in [6, 6.07) is 9.57. The van der Waals surface area contributed by atoms with E-state index in [-0.39, 0.29) is 5.91 Å². The lowest BCUT2D eigenvalue weighted by Crippen LogP contribution is -2.24. The third-order valence-corrected chi connectivity index (χ3v) is 7.10. The number of pyridine rings is 1. The standard InChI is InChI=1S/C23H23ClN6OS2/c1-3-4-10-26-22(31)18-13-32-20(27-18)14-33-23-29-28-21(16-6-5-9-25-12-16)30(23)19-11-17(24)8-7-15(19)2/h5-9,11-13H,3-4,10,14H2,1-2H3,(H,26,31). The van der Waals surface area contributed by atoms with Crippen molar-refractivity contribution in [2.75, 3.05) is 6.54 Å². The van der Waals surface area contributed by atoms with Gasteiger partial charge in [0.15, 0.2) is 11.0 Å². The zero-order chi connectivity index (χ0) is 23.2. The second-order valence-corrected chi connectivity index (χ2v) is 9.66. The Morgan fingerprint density at radius 2 is 2.15 bits per heavy atom. The smallest absolute Gasteiger partial charge is 0.270 e. The van der Waals surface area contributed by atoms with Crippen molar-refractivity contribution in [1.29, 1.82) is 0 Å². The molecule has 0 unspecified atom stereocenters. The first-order valence-electron chi connectivity index (χ1n) is 10.5. The number of halogens is 1. The molecule has 0 bridgehead atoms. The number of aromatic nitrogens is 5. The monoisotopic (exact) mass is 498 g/mol. The van der Waals surface area contributed by atoms with Crippen LogP contribution < -0.4 is 5.32 Å². The number of unbranched alkanes of at least 4 members (excludes halogenated alkanes) is 1. The van der Waals surface area contributed by atoms with Crippen molar-refractivity contribution in [3.8, 4) is 17.1 Å². The van der Waals surface area contributed by atoms with Crippen molar-refractivity contribution in [2.45, 2.75) is 37.6 Å². The van der Waals surface area contributed by atoms with Gasteiger partial charge >= 0.3 is 0 Å².